The first-order chi connectivity index (χ1) is 13.6. The molecule has 0 aliphatic heterocycles. The quantitative estimate of drug-likeness (QED) is 0.515. The number of hydrogen-bond donors (Lipinski definition) is 0. The van der Waals surface area contributed by atoms with Gasteiger partial charge in [0.1, 0.15) is 17.4 Å². The third-order valence-corrected chi connectivity index (χ3v) is 5.85. The van der Waals surface area contributed by atoms with Gasteiger partial charge < -0.3 is 9.64 Å². The molecule has 0 radical (unpaired) electrons. The number of thiazole rings is 1. The van der Waals surface area contributed by atoms with Crippen LogP contribution in [-0.4, -0.2) is 21.8 Å². The lowest BCUT2D eigenvalue weighted by Crippen LogP contribution is -2.33. The molecule has 1 aliphatic rings. The molecule has 0 atom stereocenters. The van der Waals surface area contributed by atoms with E-state index in [1.807, 2.05) is 53.6 Å². The van der Waals surface area contributed by atoms with Crippen molar-refractivity contribution in [1.29, 1.82) is 0 Å². The molecule has 1 heterocycles. The van der Waals surface area contributed by atoms with Crippen molar-refractivity contribution in [2.75, 3.05) is 0 Å². The molecular weight excluding hydrogens is 392 g/mol. The third kappa shape index (κ3) is 4.54. The highest BCUT2D eigenvalue weighted by Crippen LogP contribution is 2.30. The SMILES string of the molecule is Cc1ccccc1C(=O)N(Cc1csc(COc2ccc(Cl)cc2)n1)C1CC1. The van der Waals surface area contributed by atoms with Gasteiger partial charge in [0.15, 0.2) is 0 Å². The Hall–Kier alpha value is -2.37. The Morgan fingerprint density at radius 1 is 1.21 bits per heavy atom. The van der Waals surface area contributed by atoms with Gasteiger partial charge in [-0.05, 0) is 55.7 Å². The molecule has 0 saturated heterocycles. The van der Waals surface area contributed by atoms with Crippen LogP contribution in [0.2, 0.25) is 5.02 Å². The zero-order valence-corrected chi connectivity index (χ0v) is 17.2. The van der Waals surface area contributed by atoms with E-state index in [2.05, 4.69) is 4.98 Å². The van der Waals surface area contributed by atoms with Crippen LogP contribution in [0.15, 0.2) is 53.9 Å². The summed E-state index contributed by atoms with van der Waals surface area (Å²) in [5, 5.41) is 3.59. The normalized spacial score (nSPS) is 13.4. The maximum atomic E-state index is 13.1. The largest absolute Gasteiger partial charge is 0.486 e. The average Bonchev–Trinajstić information content (AvgIpc) is 3.44. The summed E-state index contributed by atoms with van der Waals surface area (Å²) in [6.07, 6.45) is 2.13. The molecule has 3 aromatic rings. The van der Waals surface area contributed by atoms with Crippen molar-refractivity contribution in [2.45, 2.75) is 39.0 Å². The lowest BCUT2D eigenvalue weighted by Gasteiger charge is -2.22. The minimum absolute atomic E-state index is 0.0903. The van der Waals surface area contributed by atoms with E-state index in [4.69, 9.17) is 16.3 Å². The van der Waals surface area contributed by atoms with Gasteiger partial charge in [0.2, 0.25) is 0 Å². The second-order valence-electron chi connectivity index (χ2n) is 6.95. The van der Waals surface area contributed by atoms with Crippen LogP contribution in [0.3, 0.4) is 0 Å². The Bertz CT molecular complexity index is 967. The monoisotopic (exact) mass is 412 g/mol. The van der Waals surface area contributed by atoms with Gasteiger partial charge in [0.05, 0.1) is 12.2 Å². The second kappa shape index (κ2) is 8.33. The lowest BCUT2D eigenvalue weighted by molar-refractivity contribution is 0.0727. The van der Waals surface area contributed by atoms with Gasteiger partial charge in [-0.15, -0.1) is 11.3 Å². The first-order valence-corrected chi connectivity index (χ1v) is 10.5. The number of aromatic nitrogens is 1. The highest BCUT2D eigenvalue weighted by atomic mass is 35.5. The average molecular weight is 413 g/mol. The van der Waals surface area contributed by atoms with Crippen LogP contribution in [0.5, 0.6) is 5.75 Å². The molecular formula is C22H21ClN2O2S. The fourth-order valence-corrected chi connectivity index (χ4v) is 3.88. The van der Waals surface area contributed by atoms with Crippen LogP contribution in [0, 0.1) is 6.92 Å². The van der Waals surface area contributed by atoms with E-state index < -0.39 is 0 Å². The van der Waals surface area contributed by atoms with Gasteiger partial charge in [-0.3, -0.25) is 4.79 Å². The number of hydrogen-bond acceptors (Lipinski definition) is 4. The Morgan fingerprint density at radius 2 is 1.96 bits per heavy atom. The first kappa shape index (κ1) is 19.0. The van der Waals surface area contributed by atoms with Crippen LogP contribution in [-0.2, 0) is 13.2 Å². The summed E-state index contributed by atoms with van der Waals surface area (Å²) in [5.74, 6) is 0.850. The summed E-state index contributed by atoms with van der Waals surface area (Å²) in [6.45, 7) is 2.92. The summed E-state index contributed by atoms with van der Waals surface area (Å²) in [4.78, 5) is 19.7. The predicted octanol–water partition coefficient (Wildman–Crippen LogP) is 5.49. The number of benzene rings is 2. The standard InChI is InChI=1S/C22H21ClN2O2S/c1-15-4-2-3-5-20(15)22(26)25(18-8-9-18)12-17-14-28-21(24-17)13-27-19-10-6-16(23)7-11-19/h2-7,10-11,14,18H,8-9,12-13H2,1H3. The predicted molar refractivity (Wildman–Crippen MR) is 112 cm³/mol. The summed E-state index contributed by atoms with van der Waals surface area (Å²) in [6, 6.07) is 15.4. The van der Waals surface area contributed by atoms with Crippen LogP contribution in [0.1, 0.15) is 39.5 Å². The van der Waals surface area contributed by atoms with E-state index in [-0.39, 0.29) is 5.91 Å². The van der Waals surface area contributed by atoms with Gasteiger partial charge in [0, 0.05) is 22.0 Å². The molecule has 28 heavy (non-hydrogen) atoms. The van der Waals surface area contributed by atoms with Crippen molar-refractivity contribution in [3.63, 3.8) is 0 Å². The Kier molecular flexibility index (Phi) is 5.64. The highest BCUT2D eigenvalue weighted by Gasteiger charge is 2.33. The van der Waals surface area contributed by atoms with Crippen molar-refractivity contribution in [3.05, 3.63) is 80.8 Å². The first-order valence-electron chi connectivity index (χ1n) is 9.28. The summed E-state index contributed by atoms with van der Waals surface area (Å²) >= 11 is 7.45. The maximum absolute atomic E-state index is 13.1. The van der Waals surface area contributed by atoms with Crippen LogP contribution >= 0.6 is 22.9 Å². The number of halogens is 1. The number of aryl methyl sites for hydroxylation is 1. The molecule has 1 aliphatic carbocycles. The zero-order chi connectivity index (χ0) is 19.5. The summed E-state index contributed by atoms with van der Waals surface area (Å²) < 4.78 is 5.77. The molecule has 1 aromatic heterocycles. The summed E-state index contributed by atoms with van der Waals surface area (Å²) in [5.41, 5.74) is 2.69. The Morgan fingerprint density at radius 3 is 2.68 bits per heavy atom. The number of ether oxygens (including phenoxy) is 1. The number of carbonyl (C=O) groups excluding carboxylic acids is 1. The molecule has 144 valence electrons. The van der Waals surface area contributed by atoms with E-state index in [9.17, 15) is 4.79 Å². The number of carbonyl (C=O) groups is 1. The second-order valence-corrected chi connectivity index (χ2v) is 8.33. The molecule has 0 bridgehead atoms. The number of amides is 1. The van der Waals surface area contributed by atoms with Gasteiger partial charge in [-0.1, -0.05) is 29.8 Å². The molecule has 4 nitrogen and oxygen atoms in total. The van der Waals surface area contributed by atoms with E-state index >= 15 is 0 Å². The molecule has 0 unspecified atom stereocenters. The molecule has 1 fully saturated rings. The number of rotatable bonds is 7. The lowest BCUT2D eigenvalue weighted by atomic mass is 10.1. The Balaban J connectivity index is 1.42. The van der Waals surface area contributed by atoms with Crippen molar-refractivity contribution in [1.82, 2.24) is 9.88 Å². The molecule has 1 amide bonds. The van der Waals surface area contributed by atoms with Crippen LogP contribution in [0.25, 0.3) is 0 Å². The number of nitrogens with zero attached hydrogens (tertiary/aromatic N) is 2. The van der Waals surface area contributed by atoms with E-state index in [1.54, 1.807) is 23.5 Å². The van der Waals surface area contributed by atoms with Gasteiger partial charge >= 0.3 is 0 Å². The van der Waals surface area contributed by atoms with Crippen molar-refractivity contribution in [2.24, 2.45) is 0 Å². The van der Waals surface area contributed by atoms with Crippen LogP contribution in [0.4, 0.5) is 0 Å². The summed E-state index contributed by atoms with van der Waals surface area (Å²) in [7, 11) is 0. The molecule has 0 N–H and O–H groups in total. The van der Waals surface area contributed by atoms with Gasteiger partial charge in [-0.25, -0.2) is 4.98 Å². The molecule has 6 heteroatoms. The van der Waals surface area contributed by atoms with E-state index in [0.717, 1.165) is 40.4 Å². The van der Waals surface area contributed by atoms with Gasteiger partial charge in [-0.2, -0.15) is 0 Å². The Labute approximate surface area is 173 Å². The van der Waals surface area contributed by atoms with E-state index in [0.29, 0.717) is 24.2 Å². The van der Waals surface area contributed by atoms with E-state index in [1.165, 1.54) is 0 Å². The van der Waals surface area contributed by atoms with Crippen molar-refractivity contribution < 1.29 is 9.53 Å². The van der Waals surface area contributed by atoms with Crippen LogP contribution < -0.4 is 4.74 Å². The topological polar surface area (TPSA) is 42.4 Å². The molecule has 4 rings (SSSR count). The van der Waals surface area contributed by atoms with Gasteiger partial charge in [0.25, 0.3) is 5.91 Å². The fraction of sp³-hybridized carbons (Fsp3) is 0.273. The smallest absolute Gasteiger partial charge is 0.254 e. The molecule has 0 spiro atoms. The molecule has 2 aromatic carbocycles. The minimum Gasteiger partial charge on any atom is -0.486 e. The molecule has 1 saturated carbocycles. The maximum Gasteiger partial charge on any atom is 0.254 e. The zero-order valence-electron chi connectivity index (χ0n) is 15.6. The third-order valence-electron chi connectivity index (χ3n) is 4.73. The highest BCUT2D eigenvalue weighted by molar-refractivity contribution is 7.09. The minimum atomic E-state index is 0.0903. The van der Waals surface area contributed by atoms with Crippen molar-refractivity contribution in [3.8, 4) is 5.75 Å². The van der Waals surface area contributed by atoms with Crippen molar-refractivity contribution >= 4 is 28.8 Å². The fourth-order valence-electron chi connectivity index (χ4n) is 3.06.